The molecule has 2 heteroatoms. The first-order chi connectivity index (χ1) is 11.6. The molecule has 2 atom stereocenters. The highest BCUT2D eigenvalue weighted by atomic mass is 79.9. The van der Waals surface area contributed by atoms with E-state index >= 15 is 0 Å². The van der Waals surface area contributed by atoms with Gasteiger partial charge < -0.3 is 0 Å². The molecule has 0 aromatic heterocycles. The van der Waals surface area contributed by atoms with Crippen LogP contribution in [0.4, 0.5) is 0 Å². The van der Waals surface area contributed by atoms with Crippen molar-refractivity contribution in [2.24, 2.45) is 5.92 Å². The number of hydrogen-bond donors (Lipinski definition) is 0. The zero-order valence-corrected chi connectivity index (χ0v) is 21.0. The molecule has 0 radical (unpaired) electrons. The van der Waals surface area contributed by atoms with Gasteiger partial charge in [-0.05, 0) is 36.8 Å². The van der Waals surface area contributed by atoms with Crippen molar-refractivity contribution in [1.82, 2.24) is 0 Å². The molecule has 0 aromatic carbocycles. The second-order valence-corrected chi connectivity index (χ2v) is 9.34. The minimum atomic E-state index is 0. The molecular formula is C23H50BrP. The molecule has 0 amide bonds. The molecule has 0 aliphatic carbocycles. The normalized spacial score (nSPS) is 12.8. The van der Waals surface area contributed by atoms with Crippen LogP contribution >= 0.6 is 26.2 Å². The van der Waals surface area contributed by atoms with Gasteiger partial charge in [-0.25, -0.2) is 0 Å². The van der Waals surface area contributed by atoms with E-state index in [1.807, 2.05) is 0 Å². The van der Waals surface area contributed by atoms with Crippen molar-refractivity contribution in [2.75, 3.05) is 0 Å². The summed E-state index contributed by atoms with van der Waals surface area (Å²) < 4.78 is 0. The SMILES string of the molecule is Br.CCCCCCC(CCC)C(P)(CCCCCC)CCCCCC. The van der Waals surface area contributed by atoms with E-state index in [4.69, 9.17) is 0 Å². The third-order valence-electron chi connectivity index (χ3n) is 5.85. The van der Waals surface area contributed by atoms with Crippen LogP contribution in [0.5, 0.6) is 0 Å². The van der Waals surface area contributed by atoms with Crippen molar-refractivity contribution in [2.45, 2.75) is 142 Å². The molecule has 0 aromatic rings. The summed E-state index contributed by atoms with van der Waals surface area (Å²) in [5, 5.41) is 0.531. The number of rotatable bonds is 18. The summed E-state index contributed by atoms with van der Waals surface area (Å²) in [5.74, 6) is 0.938. The van der Waals surface area contributed by atoms with Crippen molar-refractivity contribution in [1.29, 1.82) is 0 Å². The Hall–Kier alpha value is 0.910. The van der Waals surface area contributed by atoms with E-state index in [9.17, 15) is 0 Å². The Morgan fingerprint density at radius 3 is 1.40 bits per heavy atom. The second-order valence-electron chi connectivity index (χ2n) is 8.19. The van der Waals surface area contributed by atoms with E-state index in [1.54, 1.807) is 0 Å². The molecule has 0 saturated carbocycles. The Morgan fingerprint density at radius 2 is 1.00 bits per heavy atom. The predicted octanol–water partition coefficient (Wildman–Crippen LogP) is 9.51. The lowest BCUT2D eigenvalue weighted by atomic mass is 9.77. The first-order valence-corrected chi connectivity index (χ1v) is 12.0. The van der Waals surface area contributed by atoms with Gasteiger partial charge in [-0.15, -0.1) is 26.2 Å². The summed E-state index contributed by atoms with van der Waals surface area (Å²) >= 11 is 0. The summed E-state index contributed by atoms with van der Waals surface area (Å²) in [5.41, 5.74) is 0. The average Bonchev–Trinajstić information content (AvgIpc) is 2.58. The summed E-state index contributed by atoms with van der Waals surface area (Å²) in [4.78, 5) is 0. The molecule has 154 valence electrons. The smallest absolute Gasteiger partial charge is 0.0122 e. The van der Waals surface area contributed by atoms with E-state index in [-0.39, 0.29) is 17.0 Å². The highest BCUT2D eigenvalue weighted by molar-refractivity contribution is 8.93. The van der Waals surface area contributed by atoms with Gasteiger partial charge in [0.15, 0.2) is 0 Å². The molecule has 0 rings (SSSR count). The zero-order chi connectivity index (χ0) is 18.1. The van der Waals surface area contributed by atoms with Gasteiger partial charge in [0, 0.05) is 0 Å². The lowest BCUT2D eigenvalue weighted by Crippen LogP contribution is -2.32. The maximum Gasteiger partial charge on any atom is -0.0122 e. The standard InChI is InChI=1S/C23H49P.BrH/c1-5-9-12-15-19-22(18-8-4)23(24,20-16-13-10-6-2)21-17-14-11-7-3;/h22H,5-21,24H2,1-4H3;1H. The van der Waals surface area contributed by atoms with E-state index in [0.717, 1.165) is 5.92 Å². The van der Waals surface area contributed by atoms with Crippen molar-refractivity contribution >= 4 is 26.2 Å². The van der Waals surface area contributed by atoms with Gasteiger partial charge in [-0.2, -0.15) is 0 Å². The van der Waals surface area contributed by atoms with Gasteiger partial charge in [0.2, 0.25) is 0 Å². The van der Waals surface area contributed by atoms with Crippen LogP contribution in [0.1, 0.15) is 137 Å². The fourth-order valence-electron chi connectivity index (χ4n) is 4.18. The van der Waals surface area contributed by atoms with Gasteiger partial charge in [0.1, 0.15) is 0 Å². The molecule has 0 saturated heterocycles. The molecule has 2 unspecified atom stereocenters. The van der Waals surface area contributed by atoms with Crippen LogP contribution in [-0.4, -0.2) is 5.16 Å². The van der Waals surface area contributed by atoms with Gasteiger partial charge in [0.25, 0.3) is 0 Å². The maximum absolute atomic E-state index is 3.40. The maximum atomic E-state index is 3.40. The number of halogens is 1. The Labute approximate surface area is 174 Å². The number of unbranched alkanes of at least 4 members (excludes halogenated alkanes) is 9. The van der Waals surface area contributed by atoms with Crippen molar-refractivity contribution in [3.8, 4) is 0 Å². The molecule has 0 heterocycles. The molecule has 0 bridgehead atoms. The van der Waals surface area contributed by atoms with E-state index in [0.29, 0.717) is 5.16 Å². The van der Waals surface area contributed by atoms with Crippen LogP contribution in [0.25, 0.3) is 0 Å². The highest BCUT2D eigenvalue weighted by Crippen LogP contribution is 2.43. The first-order valence-electron chi connectivity index (χ1n) is 11.4. The van der Waals surface area contributed by atoms with Crippen LogP contribution in [0.2, 0.25) is 0 Å². The molecule has 0 spiro atoms. The summed E-state index contributed by atoms with van der Waals surface area (Å²) in [6, 6.07) is 0. The molecule has 0 fully saturated rings. The van der Waals surface area contributed by atoms with Gasteiger partial charge in [-0.1, -0.05) is 111 Å². The van der Waals surface area contributed by atoms with Gasteiger partial charge in [0.05, 0.1) is 0 Å². The first kappa shape index (κ1) is 28.1. The van der Waals surface area contributed by atoms with Gasteiger partial charge >= 0.3 is 0 Å². The molecular weight excluding hydrogens is 387 g/mol. The van der Waals surface area contributed by atoms with Crippen LogP contribution in [-0.2, 0) is 0 Å². The van der Waals surface area contributed by atoms with Crippen molar-refractivity contribution < 1.29 is 0 Å². The molecule has 0 aliphatic rings. The van der Waals surface area contributed by atoms with Gasteiger partial charge in [-0.3, -0.25) is 0 Å². The molecule has 0 N–H and O–H groups in total. The monoisotopic (exact) mass is 436 g/mol. The fraction of sp³-hybridized carbons (Fsp3) is 1.00. The van der Waals surface area contributed by atoms with Crippen LogP contribution < -0.4 is 0 Å². The largest absolute Gasteiger partial charge is 0.131 e. The Morgan fingerprint density at radius 1 is 0.560 bits per heavy atom. The average molecular weight is 438 g/mol. The van der Waals surface area contributed by atoms with Crippen molar-refractivity contribution in [3.63, 3.8) is 0 Å². The van der Waals surface area contributed by atoms with Crippen LogP contribution in [0, 0.1) is 5.92 Å². The highest BCUT2D eigenvalue weighted by Gasteiger charge is 2.32. The quantitative estimate of drug-likeness (QED) is 0.148. The van der Waals surface area contributed by atoms with E-state index in [1.165, 1.54) is 109 Å². The summed E-state index contributed by atoms with van der Waals surface area (Å²) in [6.45, 7) is 9.36. The second kappa shape index (κ2) is 19.7. The Kier molecular flexibility index (Phi) is 22.1. The lowest BCUT2D eigenvalue weighted by molar-refractivity contribution is 0.275. The lowest BCUT2D eigenvalue weighted by Gasteiger charge is -2.39. The van der Waals surface area contributed by atoms with Crippen LogP contribution in [0.15, 0.2) is 0 Å². The summed E-state index contributed by atoms with van der Waals surface area (Å²) in [7, 11) is 3.40. The van der Waals surface area contributed by atoms with E-state index in [2.05, 4.69) is 36.9 Å². The fourth-order valence-corrected chi connectivity index (χ4v) is 4.92. The molecule has 0 aliphatic heterocycles. The predicted molar refractivity (Wildman–Crippen MR) is 127 cm³/mol. The summed E-state index contributed by atoms with van der Waals surface area (Å²) in [6.07, 6.45) is 24.2. The third-order valence-corrected chi connectivity index (χ3v) is 6.90. The minimum Gasteiger partial charge on any atom is -0.131 e. The topological polar surface area (TPSA) is 0 Å². The Bertz CT molecular complexity index is 242. The molecule has 0 nitrogen and oxygen atoms in total. The van der Waals surface area contributed by atoms with Crippen molar-refractivity contribution in [3.05, 3.63) is 0 Å². The molecule has 25 heavy (non-hydrogen) atoms. The Balaban J connectivity index is 0. The van der Waals surface area contributed by atoms with Crippen LogP contribution in [0.3, 0.4) is 0 Å². The third kappa shape index (κ3) is 14.6. The zero-order valence-electron chi connectivity index (χ0n) is 18.1. The minimum absolute atomic E-state index is 0. The number of hydrogen-bond acceptors (Lipinski definition) is 0. The van der Waals surface area contributed by atoms with E-state index < -0.39 is 0 Å².